The van der Waals surface area contributed by atoms with Crippen molar-refractivity contribution >= 4 is 5.91 Å². The van der Waals surface area contributed by atoms with Gasteiger partial charge >= 0.3 is 0 Å². The Balaban J connectivity index is 1.34. The van der Waals surface area contributed by atoms with Gasteiger partial charge in [-0.3, -0.25) is 9.69 Å². The number of rotatable bonds is 7. The second kappa shape index (κ2) is 6.96. The monoisotopic (exact) mass is 344 g/mol. The van der Waals surface area contributed by atoms with Gasteiger partial charge in [0, 0.05) is 43.9 Å². The van der Waals surface area contributed by atoms with Gasteiger partial charge in [-0.15, -0.1) is 0 Å². The number of fused-ring (bicyclic) bond motifs is 1. The molecule has 0 radical (unpaired) electrons. The van der Waals surface area contributed by atoms with Crippen molar-refractivity contribution in [2.75, 3.05) is 40.0 Å². The number of carbonyl (C=O) groups is 1. The van der Waals surface area contributed by atoms with E-state index in [1.807, 2.05) is 12.1 Å². The summed E-state index contributed by atoms with van der Waals surface area (Å²) in [5.74, 6) is 2.27. The Morgan fingerprint density at radius 1 is 1.36 bits per heavy atom. The van der Waals surface area contributed by atoms with Crippen molar-refractivity contribution < 1.29 is 14.3 Å². The molecule has 136 valence electrons. The van der Waals surface area contributed by atoms with Crippen LogP contribution >= 0.6 is 0 Å². The topological polar surface area (TPSA) is 50.8 Å². The number of nitrogens with zero attached hydrogens (tertiary/aromatic N) is 1. The van der Waals surface area contributed by atoms with Crippen LogP contribution in [0.5, 0.6) is 5.75 Å². The highest BCUT2D eigenvalue weighted by Gasteiger charge is 2.50. The molecule has 0 aromatic heterocycles. The van der Waals surface area contributed by atoms with Gasteiger partial charge in [-0.25, -0.2) is 0 Å². The first-order valence-corrected chi connectivity index (χ1v) is 9.37. The number of hydrogen-bond acceptors (Lipinski definition) is 4. The Labute approximate surface area is 149 Å². The Bertz CT molecular complexity index is 614. The lowest BCUT2D eigenvalue weighted by atomic mass is 9.81. The van der Waals surface area contributed by atoms with Crippen LogP contribution in [0.4, 0.5) is 0 Å². The normalized spacial score (nSPS) is 28.8. The van der Waals surface area contributed by atoms with Gasteiger partial charge in [0.05, 0.1) is 20.3 Å². The van der Waals surface area contributed by atoms with Crippen molar-refractivity contribution in [3.05, 3.63) is 29.8 Å². The minimum Gasteiger partial charge on any atom is -0.497 e. The van der Waals surface area contributed by atoms with E-state index in [4.69, 9.17) is 9.47 Å². The molecule has 0 bridgehead atoms. The summed E-state index contributed by atoms with van der Waals surface area (Å²) >= 11 is 0. The second-order valence-electron chi connectivity index (χ2n) is 8.02. The SMILES string of the molecule is COc1ccc(CN2C[C@H]3COC[C@@]3(CNC(=O)CC3CC3)C2)cc1. The first-order chi connectivity index (χ1) is 12.2. The van der Waals surface area contributed by atoms with Crippen molar-refractivity contribution in [3.8, 4) is 5.75 Å². The molecule has 5 nitrogen and oxygen atoms in total. The van der Waals surface area contributed by atoms with Crippen LogP contribution in [0.1, 0.15) is 24.8 Å². The predicted molar refractivity (Wildman–Crippen MR) is 95.4 cm³/mol. The number of benzene rings is 1. The van der Waals surface area contributed by atoms with Gasteiger partial charge < -0.3 is 14.8 Å². The van der Waals surface area contributed by atoms with E-state index >= 15 is 0 Å². The average Bonchev–Trinajstić information content (AvgIpc) is 3.24. The summed E-state index contributed by atoms with van der Waals surface area (Å²) in [4.78, 5) is 14.6. The average molecular weight is 344 g/mol. The van der Waals surface area contributed by atoms with Crippen molar-refractivity contribution in [1.29, 1.82) is 0 Å². The molecule has 1 aromatic rings. The first-order valence-electron chi connectivity index (χ1n) is 9.37. The summed E-state index contributed by atoms with van der Waals surface area (Å²) in [6.45, 7) is 5.32. The zero-order valence-electron chi connectivity index (χ0n) is 15.0. The largest absolute Gasteiger partial charge is 0.497 e. The van der Waals surface area contributed by atoms with E-state index in [9.17, 15) is 4.79 Å². The van der Waals surface area contributed by atoms with Crippen molar-refractivity contribution in [3.63, 3.8) is 0 Å². The van der Waals surface area contributed by atoms with Gasteiger partial charge in [-0.1, -0.05) is 12.1 Å². The smallest absolute Gasteiger partial charge is 0.220 e. The van der Waals surface area contributed by atoms with E-state index < -0.39 is 0 Å². The predicted octanol–water partition coefficient (Wildman–Crippen LogP) is 2.06. The third kappa shape index (κ3) is 3.82. The van der Waals surface area contributed by atoms with Gasteiger partial charge in [0.1, 0.15) is 5.75 Å². The molecule has 5 heteroatoms. The molecule has 1 aromatic carbocycles. The molecular formula is C20H28N2O3. The summed E-state index contributed by atoms with van der Waals surface area (Å²) in [7, 11) is 1.69. The summed E-state index contributed by atoms with van der Waals surface area (Å²) in [5.41, 5.74) is 1.39. The molecule has 3 aliphatic rings. The third-order valence-corrected chi connectivity index (χ3v) is 5.97. The molecule has 2 heterocycles. The number of likely N-dealkylation sites (tertiary alicyclic amines) is 1. The Morgan fingerprint density at radius 2 is 2.16 bits per heavy atom. The quantitative estimate of drug-likeness (QED) is 0.823. The maximum atomic E-state index is 12.1. The van der Waals surface area contributed by atoms with Gasteiger partial charge in [0.25, 0.3) is 0 Å². The molecule has 2 atom stereocenters. The molecule has 2 saturated heterocycles. The van der Waals surface area contributed by atoms with E-state index in [-0.39, 0.29) is 11.3 Å². The zero-order valence-corrected chi connectivity index (χ0v) is 15.0. The minimum absolute atomic E-state index is 0.0890. The van der Waals surface area contributed by atoms with E-state index in [1.165, 1.54) is 18.4 Å². The fourth-order valence-electron chi connectivity index (χ4n) is 4.23. The lowest BCUT2D eigenvalue weighted by Crippen LogP contribution is -2.43. The van der Waals surface area contributed by atoms with E-state index in [0.29, 0.717) is 18.3 Å². The maximum absolute atomic E-state index is 12.1. The molecule has 0 spiro atoms. The summed E-state index contributed by atoms with van der Waals surface area (Å²) in [6, 6.07) is 8.30. The highest BCUT2D eigenvalue weighted by molar-refractivity contribution is 5.76. The Hall–Kier alpha value is -1.59. The van der Waals surface area contributed by atoms with Crippen molar-refractivity contribution in [2.45, 2.75) is 25.8 Å². The third-order valence-electron chi connectivity index (χ3n) is 5.97. The van der Waals surface area contributed by atoms with Gasteiger partial charge in [-0.05, 0) is 36.5 Å². The molecule has 3 fully saturated rings. The zero-order chi connectivity index (χ0) is 17.3. The number of ether oxygens (including phenoxy) is 2. The molecule has 1 aliphatic carbocycles. The number of nitrogens with one attached hydrogen (secondary N) is 1. The number of methoxy groups -OCH3 is 1. The van der Waals surface area contributed by atoms with Crippen LogP contribution in [0, 0.1) is 17.3 Å². The van der Waals surface area contributed by atoms with Gasteiger partial charge in [0.15, 0.2) is 0 Å². The van der Waals surface area contributed by atoms with E-state index in [2.05, 4.69) is 22.3 Å². The fraction of sp³-hybridized carbons (Fsp3) is 0.650. The number of carbonyl (C=O) groups excluding carboxylic acids is 1. The molecule has 25 heavy (non-hydrogen) atoms. The highest BCUT2D eigenvalue weighted by Crippen LogP contribution is 2.41. The van der Waals surface area contributed by atoms with Crippen molar-refractivity contribution in [2.24, 2.45) is 17.3 Å². The molecule has 1 amide bonds. The first kappa shape index (κ1) is 16.9. The standard InChI is InChI=1S/C20H28N2O3/c1-24-18-6-4-16(5-7-18)9-22-10-17-11-25-14-20(17,13-22)12-21-19(23)8-15-2-3-15/h4-7,15,17H,2-3,8-14H2,1H3,(H,21,23)/t17-,20+/m0/s1. The maximum Gasteiger partial charge on any atom is 0.220 e. The molecule has 2 aliphatic heterocycles. The van der Waals surface area contributed by atoms with Crippen LogP contribution in [-0.2, 0) is 16.1 Å². The molecule has 1 N–H and O–H groups in total. The molecule has 4 rings (SSSR count). The van der Waals surface area contributed by atoms with Crippen molar-refractivity contribution in [1.82, 2.24) is 10.2 Å². The van der Waals surface area contributed by atoms with Crippen LogP contribution in [0.3, 0.4) is 0 Å². The van der Waals surface area contributed by atoms with Crippen LogP contribution < -0.4 is 10.1 Å². The van der Waals surface area contributed by atoms with Crippen LogP contribution in [-0.4, -0.2) is 50.8 Å². The second-order valence-corrected chi connectivity index (χ2v) is 8.02. The van der Waals surface area contributed by atoms with Crippen LogP contribution in [0.15, 0.2) is 24.3 Å². The van der Waals surface area contributed by atoms with Gasteiger partial charge in [0.2, 0.25) is 5.91 Å². The van der Waals surface area contributed by atoms with Gasteiger partial charge in [-0.2, -0.15) is 0 Å². The lowest BCUT2D eigenvalue weighted by molar-refractivity contribution is -0.122. The summed E-state index contributed by atoms with van der Waals surface area (Å²) in [5, 5.41) is 3.20. The fourth-order valence-corrected chi connectivity index (χ4v) is 4.23. The highest BCUT2D eigenvalue weighted by atomic mass is 16.5. The molecular weight excluding hydrogens is 316 g/mol. The Kier molecular flexibility index (Phi) is 4.69. The van der Waals surface area contributed by atoms with E-state index in [1.54, 1.807) is 7.11 Å². The number of amides is 1. The molecule has 1 saturated carbocycles. The van der Waals surface area contributed by atoms with Crippen LogP contribution in [0.2, 0.25) is 0 Å². The summed E-state index contributed by atoms with van der Waals surface area (Å²) in [6.07, 6.45) is 3.15. The van der Waals surface area contributed by atoms with E-state index in [0.717, 1.165) is 45.1 Å². The minimum atomic E-state index is 0.0890. The summed E-state index contributed by atoms with van der Waals surface area (Å²) < 4.78 is 11.0. The molecule has 0 unspecified atom stereocenters. The number of hydrogen-bond donors (Lipinski definition) is 1. The lowest BCUT2D eigenvalue weighted by Gasteiger charge is -2.27. The van der Waals surface area contributed by atoms with Crippen LogP contribution in [0.25, 0.3) is 0 Å². The Morgan fingerprint density at radius 3 is 2.88 bits per heavy atom.